The van der Waals surface area contributed by atoms with Crippen LogP contribution in [0, 0.1) is 19.3 Å². The van der Waals surface area contributed by atoms with E-state index in [-0.39, 0.29) is 18.1 Å². The van der Waals surface area contributed by atoms with E-state index in [0.717, 1.165) is 22.4 Å². The van der Waals surface area contributed by atoms with Crippen molar-refractivity contribution >= 4 is 17.1 Å². The van der Waals surface area contributed by atoms with Gasteiger partial charge in [-0.3, -0.25) is 4.79 Å². The molecule has 7 heteroatoms. The van der Waals surface area contributed by atoms with E-state index in [9.17, 15) is 4.79 Å². The molecule has 0 spiro atoms. The number of benzene rings is 3. The van der Waals surface area contributed by atoms with E-state index in [2.05, 4.69) is 24.9 Å². The van der Waals surface area contributed by atoms with Crippen molar-refractivity contribution in [2.45, 2.75) is 33.6 Å². The molecule has 0 aliphatic rings. The summed E-state index contributed by atoms with van der Waals surface area (Å²) in [4.78, 5) is 18.5. The highest BCUT2D eigenvalue weighted by Gasteiger charge is 2.18. The normalized spacial score (nSPS) is 11.2. The molecule has 38 heavy (non-hydrogen) atoms. The molecule has 0 amide bonds. The van der Waals surface area contributed by atoms with E-state index in [4.69, 9.17) is 25.6 Å². The fourth-order valence-corrected chi connectivity index (χ4v) is 4.20. The van der Waals surface area contributed by atoms with Crippen LogP contribution in [0.3, 0.4) is 0 Å². The lowest BCUT2D eigenvalue weighted by Gasteiger charge is -2.18. The molecule has 0 saturated carbocycles. The standard InChI is InChI=1S/C31H31N3O4/c1-7-15-38-27-14-13-22(17-29(27)36-6)19-32-34-30(33-26-12-10-9-11-23(26)31(34)35)25-18-24(20(3)4)28(37-8-2)16-21(25)5/h1,9-14,16-20H,8,15H2,2-6H3. The molecule has 3 aromatic carbocycles. The van der Waals surface area contributed by atoms with Gasteiger partial charge in [0.1, 0.15) is 12.4 Å². The van der Waals surface area contributed by atoms with Crippen LogP contribution in [0.4, 0.5) is 0 Å². The molecule has 0 aliphatic heterocycles. The van der Waals surface area contributed by atoms with Crippen LogP contribution in [0.15, 0.2) is 64.5 Å². The molecule has 0 unspecified atom stereocenters. The summed E-state index contributed by atoms with van der Waals surface area (Å²) >= 11 is 0. The Morgan fingerprint density at radius 3 is 2.58 bits per heavy atom. The lowest BCUT2D eigenvalue weighted by Crippen LogP contribution is -2.21. The topological polar surface area (TPSA) is 74.9 Å². The summed E-state index contributed by atoms with van der Waals surface area (Å²) in [6.45, 7) is 8.87. The molecule has 0 aliphatic carbocycles. The zero-order valence-electron chi connectivity index (χ0n) is 22.3. The minimum atomic E-state index is -0.262. The lowest BCUT2D eigenvalue weighted by molar-refractivity contribution is 0.331. The molecule has 0 fully saturated rings. The zero-order chi connectivity index (χ0) is 27.2. The molecule has 0 N–H and O–H groups in total. The second kappa shape index (κ2) is 11.7. The number of fused-ring (bicyclic) bond motifs is 1. The molecular weight excluding hydrogens is 478 g/mol. The van der Waals surface area contributed by atoms with Crippen molar-refractivity contribution < 1.29 is 14.2 Å². The molecular formula is C31H31N3O4. The summed E-state index contributed by atoms with van der Waals surface area (Å²) in [5.74, 6) is 4.98. The zero-order valence-corrected chi connectivity index (χ0v) is 22.3. The van der Waals surface area contributed by atoms with Gasteiger partial charge in [-0.25, -0.2) is 4.98 Å². The maximum absolute atomic E-state index is 13.7. The number of aryl methyl sites for hydroxylation is 1. The summed E-state index contributed by atoms with van der Waals surface area (Å²) in [5.41, 5.74) is 3.84. The van der Waals surface area contributed by atoms with Crippen LogP contribution in [-0.2, 0) is 0 Å². The Morgan fingerprint density at radius 1 is 1.08 bits per heavy atom. The van der Waals surface area contributed by atoms with Crippen LogP contribution < -0.4 is 19.8 Å². The van der Waals surface area contributed by atoms with E-state index >= 15 is 0 Å². The maximum atomic E-state index is 13.7. The third kappa shape index (κ3) is 5.40. The van der Waals surface area contributed by atoms with E-state index in [1.165, 1.54) is 4.68 Å². The molecule has 7 nitrogen and oxygen atoms in total. The summed E-state index contributed by atoms with van der Waals surface area (Å²) in [7, 11) is 1.55. The number of hydrogen-bond donors (Lipinski definition) is 0. The highest BCUT2D eigenvalue weighted by atomic mass is 16.5. The predicted octanol–water partition coefficient (Wildman–Crippen LogP) is 5.80. The van der Waals surface area contributed by atoms with Crippen LogP contribution in [0.25, 0.3) is 22.3 Å². The van der Waals surface area contributed by atoms with Gasteiger partial charge in [-0.1, -0.05) is 31.9 Å². The highest BCUT2D eigenvalue weighted by Crippen LogP contribution is 2.34. The van der Waals surface area contributed by atoms with E-state index in [1.54, 1.807) is 31.5 Å². The van der Waals surface area contributed by atoms with Gasteiger partial charge in [0.25, 0.3) is 5.56 Å². The number of para-hydroxylation sites is 1. The number of hydrogen-bond acceptors (Lipinski definition) is 6. The third-order valence-electron chi connectivity index (χ3n) is 6.09. The molecule has 0 bridgehead atoms. The summed E-state index contributed by atoms with van der Waals surface area (Å²) in [6.07, 6.45) is 6.90. The minimum Gasteiger partial charge on any atom is -0.494 e. The van der Waals surface area contributed by atoms with Gasteiger partial charge in [0.15, 0.2) is 17.3 Å². The molecule has 4 rings (SSSR count). The Balaban J connectivity index is 1.90. The molecule has 1 aromatic heterocycles. The SMILES string of the molecule is C#CCOc1ccc(C=Nn2c(-c3cc(C(C)C)c(OCC)cc3C)nc3ccccc3c2=O)cc1OC. The van der Waals surface area contributed by atoms with Gasteiger partial charge in [-0.2, -0.15) is 9.78 Å². The maximum Gasteiger partial charge on any atom is 0.282 e. The Morgan fingerprint density at radius 2 is 1.87 bits per heavy atom. The van der Waals surface area contributed by atoms with Crippen molar-refractivity contribution in [1.29, 1.82) is 0 Å². The number of rotatable bonds is 9. The highest BCUT2D eigenvalue weighted by molar-refractivity contribution is 5.83. The first-order valence-corrected chi connectivity index (χ1v) is 12.5. The van der Waals surface area contributed by atoms with Gasteiger partial charge < -0.3 is 14.2 Å². The molecule has 0 atom stereocenters. The van der Waals surface area contributed by atoms with E-state index in [0.29, 0.717) is 40.4 Å². The molecule has 4 aromatic rings. The second-order valence-corrected chi connectivity index (χ2v) is 9.01. The number of aromatic nitrogens is 2. The Bertz CT molecular complexity index is 1600. The molecule has 194 valence electrons. The lowest BCUT2D eigenvalue weighted by atomic mass is 9.96. The van der Waals surface area contributed by atoms with E-state index < -0.39 is 0 Å². The number of nitrogens with zero attached hydrogens (tertiary/aromatic N) is 3. The van der Waals surface area contributed by atoms with E-state index in [1.807, 2.05) is 50.2 Å². The Hall–Kier alpha value is -4.57. The van der Waals surface area contributed by atoms with Gasteiger partial charge >= 0.3 is 0 Å². The largest absolute Gasteiger partial charge is 0.494 e. The van der Waals surface area contributed by atoms with Gasteiger partial charge in [0.2, 0.25) is 0 Å². The van der Waals surface area contributed by atoms with Crippen molar-refractivity contribution in [2.75, 3.05) is 20.3 Å². The average molecular weight is 510 g/mol. The predicted molar refractivity (Wildman–Crippen MR) is 152 cm³/mol. The third-order valence-corrected chi connectivity index (χ3v) is 6.09. The van der Waals surface area contributed by atoms with Crippen LogP contribution >= 0.6 is 0 Å². The van der Waals surface area contributed by atoms with Gasteiger partial charge in [-0.05, 0) is 78.9 Å². The Kier molecular flexibility index (Phi) is 8.12. The fourth-order valence-electron chi connectivity index (χ4n) is 4.20. The van der Waals surface area contributed by atoms with Crippen molar-refractivity contribution in [2.24, 2.45) is 5.10 Å². The van der Waals surface area contributed by atoms with Crippen molar-refractivity contribution in [1.82, 2.24) is 9.66 Å². The van der Waals surface area contributed by atoms with Crippen LogP contribution in [0.5, 0.6) is 17.2 Å². The number of ether oxygens (including phenoxy) is 3. The average Bonchev–Trinajstić information content (AvgIpc) is 2.91. The Labute approximate surface area is 222 Å². The summed E-state index contributed by atoms with van der Waals surface area (Å²) < 4.78 is 18.2. The minimum absolute atomic E-state index is 0.130. The number of terminal acetylenes is 1. The number of methoxy groups -OCH3 is 1. The first-order valence-electron chi connectivity index (χ1n) is 12.5. The summed E-state index contributed by atoms with van der Waals surface area (Å²) in [6, 6.07) is 16.7. The van der Waals surface area contributed by atoms with Gasteiger partial charge in [0.05, 0.1) is 30.8 Å². The first kappa shape index (κ1) is 26.5. The first-order chi connectivity index (χ1) is 18.4. The van der Waals surface area contributed by atoms with Crippen LogP contribution in [-0.4, -0.2) is 36.2 Å². The monoisotopic (exact) mass is 509 g/mol. The quantitative estimate of drug-likeness (QED) is 0.211. The molecule has 0 saturated heterocycles. The molecule has 0 radical (unpaired) electrons. The van der Waals surface area contributed by atoms with Crippen molar-refractivity contribution in [3.8, 4) is 41.0 Å². The van der Waals surface area contributed by atoms with Gasteiger partial charge in [-0.15, -0.1) is 6.42 Å². The second-order valence-electron chi connectivity index (χ2n) is 9.01. The van der Waals surface area contributed by atoms with Crippen molar-refractivity contribution in [3.63, 3.8) is 0 Å². The fraction of sp³-hybridized carbons (Fsp3) is 0.258. The smallest absolute Gasteiger partial charge is 0.282 e. The summed E-state index contributed by atoms with van der Waals surface area (Å²) in [5, 5.41) is 5.08. The molecule has 1 heterocycles. The van der Waals surface area contributed by atoms with Crippen LogP contribution in [0.1, 0.15) is 43.4 Å². The van der Waals surface area contributed by atoms with Gasteiger partial charge in [0, 0.05) is 5.56 Å². The van der Waals surface area contributed by atoms with Crippen LogP contribution in [0.2, 0.25) is 0 Å². The van der Waals surface area contributed by atoms with Crippen molar-refractivity contribution in [3.05, 3.63) is 81.6 Å².